The minimum atomic E-state index is -3.72. The van der Waals surface area contributed by atoms with Gasteiger partial charge in [-0.05, 0) is 48.4 Å². The van der Waals surface area contributed by atoms with Crippen LogP contribution in [0.5, 0.6) is 0 Å². The molecule has 9 heteroatoms. The molecule has 2 amide bonds. The van der Waals surface area contributed by atoms with Crippen molar-refractivity contribution in [3.63, 3.8) is 0 Å². The summed E-state index contributed by atoms with van der Waals surface area (Å²) in [7, 11) is -3.72. The van der Waals surface area contributed by atoms with Crippen molar-refractivity contribution in [1.29, 1.82) is 0 Å². The molecule has 1 aliphatic rings. The monoisotopic (exact) mass is 468 g/mol. The Balaban J connectivity index is 0.00000420. The molecule has 1 unspecified atom stereocenters. The van der Waals surface area contributed by atoms with Crippen molar-refractivity contribution in [2.24, 2.45) is 0 Å². The summed E-state index contributed by atoms with van der Waals surface area (Å²) in [6.07, 6.45) is 0.965. The van der Waals surface area contributed by atoms with Crippen LogP contribution >= 0.6 is 11.6 Å². The Bertz CT molecular complexity index is 795. The molecule has 0 spiro atoms. The number of sulfonamides is 1. The molecule has 6 nitrogen and oxygen atoms in total. The number of benzene rings is 1. The Hall–Kier alpha value is 0.326. The number of hydrogen-bond donors (Lipinski definition) is 2. The van der Waals surface area contributed by atoms with Crippen LogP contribution in [0.25, 0.3) is 0 Å². The topological polar surface area (TPSA) is 78.5 Å². The van der Waals surface area contributed by atoms with E-state index >= 15 is 0 Å². The molecule has 1 radical (unpaired) electrons. The zero-order valence-electron chi connectivity index (χ0n) is 18.5. The van der Waals surface area contributed by atoms with Crippen LogP contribution in [-0.2, 0) is 10.0 Å². The minimum absolute atomic E-state index is 0. The van der Waals surface area contributed by atoms with Crippen LogP contribution in [0, 0.1) is 0 Å². The smallest absolute Gasteiger partial charge is 0.307 e. The zero-order valence-corrected chi connectivity index (χ0v) is 23.2. The van der Waals surface area contributed by atoms with Crippen molar-refractivity contribution in [2.45, 2.75) is 71.1 Å². The molecule has 0 bridgehead atoms. The third kappa shape index (κ3) is 6.90. The van der Waals surface area contributed by atoms with Gasteiger partial charge in [-0.15, -0.1) is 0 Å². The summed E-state index contributed by atoms with van der Waals surface area (Å²) in [4.78, 5) is 14.6. The molecule has 2 rings (SSSR count). The molecule has 1 fully saturated rings. The van der Waals surface area contributed by atoms with Crippen molar-refractivity contribution in [2.75, 3.05) is 18.4 Å². The second-order valence-electron chi connectivity index (χ2n) is 8.20. The molecule has 1 saturated heterocycles. The van der Waals surface area contributed by atoms with Gasteiger partial charge in [-0.2, -0.15) is 0 Å². The molecule has 0 saturated carbocycles. The number of halogens is 1. The second-order valence-corrected chi connectivity index (χ2v) is 10.6. The maximum absolute atomic E-state index is 12.5. The first-order chi connectivity index (χ1) is 13.0. The van der Waals surface area contributed by atoms with Crippen molar-refractivity contribution in [1.82, 2.24) is 9.62 Å². The Labute approximate surface area is 223 Å². The summed E-state index contributed by atoms with van der Waals surface area (Å²) in [5.41, 5.74) is 2.41. The largest absolute Gasteiger partial charge is 0.332 e. The van der Waals surface area contributed by atoms with Crippen LogP contribution in [0.2, 0.25) is 5.02 Å². The van der Waals surface area contributed by atoms with E-state index in [0.717, 1.165) is 17.5 Å². The summed E-state index contributed by atoms with van der Waals surface area (Å²) < 4.78 is 27.3. The molecular formula is C20H32ClKN3O3S. The molecule has 0 aromatic heterocycles. The number of nitrogens with zero attached hydrogens (tertiary/aromatic N) is 1. The molecule has 1 aromatic rings. The van der Waals surface area contributed by atoms with Gasteiger partial charge in [0.05, 0.1) is 0 Å². The van der Waals surface area contributed by atoms with Crippen LogP contribution in [0.15, 0.2) is 12.1 Å². The van der Waals surface area contributed by atoms with Crippen LogP contribution in [-0.4, -0.2) is 95.1 Å². The van der Waals surface area contributed by atoms with E-state index in [9.17, 15) is 13.2 Å². The maximum Gasteiger partial charge on any atom is 0.332 e. The Morgan fingerprint density at radius 3 is 2.03 bits per heavy atom. The van der Waals surface area contributed by atoms with Gasteiger partial charge >= 0.3 is 6.03 Å². The van der Waals surface area contributed by atoms with Crippen molar-refractivity contribution in [3.05, 3.63) is 28.3 Å². The fourth-order valence-electron chi connectivity index (χ4n) is 3.34. The first-order valence-corrected chi connectivity index (χ1v) is 11.8. The molecule has 0 aliphatic carbocycles. The van der Waals surface area contributed by atoms with E-state index in [0.29, 0.717) is 29.8 Å². The van der Waals surface area contributed by atoms with E-state index < -0.39 is 21.3 Å². The van der Waals surface area contributed by atoms with Gasteiger partial charge in [0, 0.05) is 81.2 Å². The minimum Gasteiger partial charge on any atom is -0.307 e. The van der Waals surface area contributed by atoms with Crippen LogP contribution in [0.1, 0.15) is 70.9 Å². The molecule has 29 heavy (non-hydrogen) atoms. The third-order valence-corrected chi connectivity index (χ3v) is 7.27. The number of urea groups is 1. The van der Waals surface area contributed by atoms with Gasteiger partial charge < -0.3 is 5.32 Å². The van der Waals surface area contributed by atoms with E-state index in [1.54, 1.807) is 0 Å². The second kappa shape index (κ2) is 11.3. The van der Waals surface area contributed by atoms with E-state index in [4.69, 9.17) is 11.6 Å². The molecule has 1 heterocycles. The number of likely N-dealkylation sites (tertiary alicyclic amines) is 1. The number of rotatable bonds is 7. The van der Waals surface area contributed by atoms with Gasteiger partial charge in [-0.25, -0.2) is 17.9 Å². The van der Waals surface area contributed by atoms with E-state index in [-0.39, 0.29) is 63.2 Å². The fraction of sp³-hybridized carbons (Fsp3) is 0.650. The molecular weight excluding hydrogens is 437 g/mol. The van der Waals surface area contributed by atoms with Crippen LogP contribution in [0.4, 0.5) is 10.5 Å². The Morgan fingerprint density at radius 2 is 1.62 bits per heavy atom. The summed E-state index contributed by atoms with van der Waals surface area (Å²) in [6.45, 7) is 13.1. The van der Waals surface area contributed by atoms with Crippen LogP contribution in [0.3, 0.4) is 0 Å². The van der Waals surface area contributed by atoms with Crippen molar-refractivity contribution < 1.29 is 13.2 Å². The molecule has 1 atom stereocenters. The number of hydrogen-bond acceptors (Lipinski definition) is 4. The third-order valence-electron chi connectivity index (χ3n) is 5.41. The van der Waals surface area contributed by atoms with E-state index in [2.05, 4.69) is 28.8 Å². The van der Waals surface area contributed by atoms with Crippen LogP contribution < -0.4 is 10.0 Å². The maximum atomic E-state index is 12.5. The standard InChI is InChI=1S/C20H32ClN3O3S.K/c1-7-14(6)24-10-16(11-24)28(26,27)23-20(25)22-19-17(12(2)3)8-15(21)9-18(19)13(4)5;/h8-9,12-14,16H,7,10-11H2,1-6H3,(H2,22,23,25);. The average Bonchev–Trinajstić information content (AvgIpc) is 2.52. The number of amides is 2. The summed E-state index contributed by atoms with van der Waals surface area (Å²) in [5.74, 6) is 0.248. The molecule has 2 N–H and O–H groups in total. The summed E-state index contributed by atoms with van der Waals surface area (Å²) >= 11 is 6.24. The molecule has 159 valence electrons. The SMILES string of the molecule is CCC(C)N1CC(S(=O)(=O)NC(=O)Nc2c(C(C)C)cc(Cl)cc2C(C)C)C1.[K]. The Morgan fingerprint density at radius 1 is 1.14 bits per heavy atom. The van der Waals surface area contributed by atoms with Gasteiger partial charge in [0.15, 0.2) is 0 Å². The van der Waals surface area contributed by atoms with Gasteiger partial charge in [0.1, 0.15) is 5.25 Å². The number of carbonyl (C=O) groups is 1. The summed E-state index contributed by atoms with van der Waals surface area (Å²) in [6, 6.07) is 3.25. The first-order valence-electron chi connectivity index (χ1n) is 9.86. The van der Waals surface area contributed by atoms with Gasteiger partial charge in [0.2, 0.25) is 10.0 Å². The van der Waals surface area contributed by atoms with Crippen molar-refractivity contribution in [3.8, 4) is 0 Å². The molecule has 1 aliphatic heterocycles. The van der Waals surface area contributed by atoms with E-state index in [1.165, 1.54) is 0 Å². The predicted octanol–water partition coefficient (Wildman–Crippen LogP) is 4.14. The average molecular weight is 469 g/mol. The fourth-order valence-corrected chi connectivity index (χ4v) is 4.83. The zero-order chi connectivity index (χ0) is 21.2. The van der Waals surface area contributed by atoms with Gasteiger partial charge in [0.25, 0.3) is 0 Å². The van der Waals surface area contributed by atoms with Gasteiger partial charge in [-0.1, -0.05) is 46.2 Å². The van der Waals surface area contributed by atoms with E-state index in [1.807, 2.05) is 39.8 Å². The predicted molar refractivity (Wildman–Crippen MR) is 122 cm³/mol. The quantitative estimate of drug-likeness (QED) is 0.589. The normalized spacial score (nSPS) is 16.3. The number of carbonyl (C=O) groups excluding carboxylic acids is 1. The number of anilines is 1. The first kappa shape index (κ1) is 27.4. The van der Waals surface area contributed by atoms with Crippen molar-refractivity contribution >= 4 is 84.7 Å². The molecule has 1 aromatic carbocycles. The Kier molecular flexibility index (Phi) is 10.6. The van der Waals surface area contributed by atoms with Gasteiger partial charge in [-0.3, -0.25) is 4.90 Å². The number of nitrogens with one attached hydrogen (secondary N) is 2. The summed E-state index contributed by atoms with van der Waals surface area (Å²) in [5, 5.41) is 2.81.